The maximum atomic E-state index is 11.4. The molecule has 0 atom stereocenters. The van der Waals surface area contributed by atoms with Crippen molar-refractivity contribution in [1.29, 1.82) is 0 Å². The molecule has 0 spiro atoms. The van der Waals surface area contributed by atoms with Crippen molar-refractivity contribution in [1.82, 2.24) is 4.90 Å². The van der Waals surface area contributed by atoms with E-state index in [2.05, 4.69) is 0 Å². The van der Waals surface area contributed by atoms with Gasteiger partial charge in [-0.15, -0.1) is 0 Å². The molecule has 6 nitrogen and oxygen atoms in total. The Morgan fingerprint density at radius 1 is 1.35 bits per heavy atom. The Bertz CT molecular complexity index is 582. The molecule has 0 aliphatic heterocycles. The zero-order valence-corrected chi connectivity index (χ0v) is 12.7. The van der Waals surface area contributed by atoms with Crippen molar-refractivity contribution in [2.24, 2.45) is 5.14 Å². The highest BCUT2D eigenvalue weighted by Crippen LogP contribution is 2.21. The minimum absolute atomic E-state index is 0.0508. The fraction of sp³-hybridized carbons (Fsp3) is 0.462. The van der Waals surface area contributed by atoms with E-state index in [1.807, 2.05) is 0 Å². The number of nitrogens with zero attached hydrogens (tertiary/aromatic N) is 1. The first-order valence-corrected chi connectivity index (χ1v) is 7.73. The lowest BCUT2D eigenvalue weighted by Crippen LogP contribution is -2.21. The summed E-state index contributed by atoms with van der Waals surface area (Å²) in [6.07, 6.45) is 1.02. The van der Waals surface area contributed by atoms with Gasteiger partial charge in [0.25, 0.3) is 0 Å². The Labute approximate surface area is 119 Å². The van der Waals surface area contributed by atoms with Gasteiger partial charge in [-0.05, 0) is 37.1 Å². The van der Waals surface area contributed by atoms with Crippen LogP contribution in [0.2, 0.25) is 0 Å². The van der Waals surface area contributed by atoms with E-state index < -0.39 is 10.0 Å². The van der Waals surface area contributed by atoms with Crippen LogP contribution in [0.4, 0.5) is 0 Å². The van der Waals surface area contributed by atoms with Crippen molar-refractivity contribution in [3.63, 3.8) is 0 Å². The predicted octanol–water partition coefficient (Wildman–Crippen LogP) is 0.890. The van der Waals surface area contributed by atoms with Crippen molar-refractivity contribution in [3.8, 4) is 5.75 Å². The standard InChI is InChI=1S/C13H20N2O4S/c1-10-9-11(20(14,17)18)6-7-12(10)19-8-4-5-13(16)15(2)3/h6-7,9H,4-5,8H2,1-3H3,(H2,14,17,18). The minimum Gasteiger partial charge on any atom is -0.493 e. The van der Waals surface area contributed by atoms with Gasteiger partial charge in [-0.25, -0.2) is 13.6 Å². The molecule has 0 heterocycles. The van der Waals surface area contributed by atoms with Crippen molar-refractivity contribution < 1.29 is 17.9 Å². The maximum Gasteiger partial charge on any atom is 0.238 e. The Kier molecular flexibility index (Phi) is 5.52. The molecule has 0 radical (unpaired) electrons. The summed E-state index contributed by atoms with van der Waals surface area (Å²) in [5, 5.41) is 5.05. The number of hydrogen-bond acceptors (Lipinski definition) is 4. The molecule has 0 bridgehead atoms. The van der Waals surface area contributed by atoms with Gasteiger partial charge < -0.3 is 9.64 Å². The molecule has 7 heteroatoms. The summed E-state index contributed by atoms with van der Waals surface area (Å²) < 4.78 is 27.9. The second kappa shape index (κ2) is 6.71. The van der Waals surface area contributed by atoms with Crippen molar-refractivity contribution in [3.05, 3.63) is 23.8 Å². The lowest BCUT2D eigenvalue weighted by molar-refractivity contribution is -0.128. The summed E-state index contributed by atoms with van der Waals surface area (Å²) in [5.41, 5.74) is 0.690. The molecule has 0 saturated heterocycles. The van der Waals surface area contributed by atoms with E-state index in [0.717, 1.165) is 0 Å². The van der Waals surface area contributed by atoms with Crippen LogP contribution in [0.1, 0.15) is 18.4 Å². The third-order valence-corrected chi connectivity index (χ3v) is 3.68. The van der Waals surface area contributed by atoms with Crippen LogP contribution >= 0.6 is 0 Å². The highest BCUT2D eigenvalue weighted by atomic mass is 32.2. The number of benzene rings is 1. The first-order valence-electron chi connectivity index (χ1n) is 6.18. The van der Waals surface area contributed by atoms with E-state index in [-0.39, 0.29) is 10.8 Å². The molecular weight excluding hydrogens is 280 g/mol. The second-order valence-electron chi connectivity index (χ2n) is 4.71. The van der Waals surface area contributed by atoms with Gasteiger partial charge >= 0.3 is 0 Å². The Hall–Kier alpha value is -1.60. The Balaban J connectivity index is 2.56. The predicted molar refractivity (Wildman–Crippen MR) is 76.0 cm³/mol. The molecule has 1 aromatic carbocycles. The summed E-state index contributed by atoms with van der Waals surface area (Å²) in [5.74, 6) is 0.643. The first-order chi connectivity index (χ1) is 9.21. The van der Waals surface area contributed by atoms with Crippen molar-refractivity contribution in [2.45, 2.75) is 24.7 Å². The second-order valence-corrected chi connectivity index (χ2v) is 6.27. The van der Waals surface area contributed by atoms with Crippen molar-refractivity contribution in [2.75, 3.05) is 20.7 Å². The molecule has 0 saturated carbocycles. The van der Waals surface area contributed by atoms with E-state index in [1.165, 1.54) is 17.0 Å². The van der Waals surface area contributed by atoms with Crippen molar-refractivity contribution >= 4 is 15.9 Å². The normalized spacial score (nSPS) is 11.2. The van der Waals surface area contributed by atoms with Crippen LogP contribution in [0.3, 0.4) is 0 Å². The number of rotatable bonds is 6. The number of carbonyl (C=O) groups excluding carboxylic acids is 1. The smallest absolute Gasteiger partial charge is 0.238 e. The van der Waals surface area contributed by atoms with Gasteiger partial charge in [-0.3, -0.25) is 4.79 Å². The molecule has 20 heavy (non-hydrogen) atoms. The van der Waals surface area contributed by atoms with Gasteiger partial charge in [0.2, 0.25) is 15.9 Å². The van der Waals surface area contributed by atoms with Gasteiger partial charge in [0.05, 0.1) is 11.5 Å². The number of carbonyl (C=O) groups is 1. The van der Waals surface area contributed by atoms with Crippen LogP contribution in [0, 0.1) is 6.92 Å². The Morgan fingerprint density at radius 3 is 2.50 bits per heavy atom. The molecule has 0 aliphatic carbocycles. The zero-order valence-electron chi connectivity index (χ0n) is 11.9. The van der Waals surface area contributed by atoms with Crippen LogP contribution in [0.25, 0.3) is 0 Å². The highest BCUT2D eigenvalue weighted by Gasteiger charge is 2.10. The summed E-state index contributed by atoms with van der Waals surface area (Å²) in [7, 11) is -0.278. The molecule has 0 aromatic heterocycles. The topological polar surface area (TPSA) is 89.7 Å². The number of primary sulfonamides is 1. The van der Waals surface area contributed by atoms with Crippen LogP contribution in [-0.2, 0) is 14.8 Å². The fourth-order valence-electron chi connectivity index (χ4n) is 1.59. The zero-order chi connectivity index (χ0) is 15.3. The van der Waals surface area contributed by atoms with Gasteiger partial charge in [0, 0.05) is 20.5 Å². The van der Waals surface area contributed by atoms with E-state index in [4.69, 9.17) is 9.88 Å². The average Bonchev–Trinajstić information content (AvgIpc) is 2.34. The number of ether oxygens (including phenoxy) is 1. The van der Waals surface area contributed by atoms with E-state index in [1.54, 1.807) is 27.1 Å². The van der Waals surface area contributed by atoms with E-state index in [0.29, 0.717) is 30.8 Å². The quantitative estimate of drug-likeness (QED) is 0.790. The third-order valence-electron chi connectivity index (χ3n) is 2.77. The number of aryl methyl sites for hydroxylation is 1. The molecule has 2 N–H and O–H groups in total. The van der Waals surface area contributed by atoms with Crippen LogP contribution in [0.5, 0.6) is 5.75 Å². The molecule has 112 valence electrons. The maximum absolute atomic E-state index is 11.4. The van der Waals surface area contributed by atoms with Gasteiger partial charge in [-0.1, -0.05) is 0 Å². The van der Waals surface area contributed by atoms with E-state index >= 15 is 0 Å². The Morgan fingerprint density at radius 2 is 2.00 bits per heavy atom. The SMILES string of the molecule is Cc1cc(S(N)(=O)=O)ccc1OCCCC(=O)N(C)C. The summed E-state index contributed by atoms with van der Waals surface area (Å²) in [4.78, 5) is 13.0. The van der Waals surface area contributed by atoms with Gasteiger partial charge in [0.1, 0.15) is 5.75 Å². The monoisotopic (exact) mass is 300 g/mol. The van der Waals surface area contributed by atoms with E-state index in [9.17, 15) is 13.2 Å². The average molecular weight is 300 g/mol. The minimum atomic E-state index is -3.69. The summed E-state index contributed by atoms with van der Waals surface area (Å²) in [6, 6.07) is 4.45. The lowest BCUT2D eigenvalue weighted by atomic mass is 10.2. The number of amides is 1. The van der Waals surface area contributed by atoms with Crippen LogP contribution in [-0.4, -0.2) is 39.9 Å². The number of nitrogens with two attached hydrogens (primary N) is 1. The fourth-order valence-corrected chi connectivity index (χ4v) is 2.19. The molecule has 1 aromatic rings. The largest absolute Gasteiger partial charge is 0.493 e. The van der Waals surface area contributed by atoms with Crippen LogP contribution in [0.15, 0.2) is 23.1 Å². The molecule has 0 fully saturated rings. The molecule has 1 amide bonds. The van der Waals surface area contributed by atoms with Crippen LogP contribution < -0.4 is 9.88 Å². The summed E-state index contributed by atoms with van der Waals surface area (Å²) in [6.45, 7) is 2.14. The summed E-state index contributed by atoms with van der Waals surface area (Å²) >= 11 is 0. The first kappa shape index (κ1) is 16.5. The molecule has 1 rings (SSSR count). The van der Waals surface area contributed by atoms with Gasteiger partial charge in [-0.2, -0.15) is 0 Å². The molecule has 0 aliphatic rings. The highest BCUT2D eigenvalue weighted by molar-refractivity contribution is 7.89. The number of sulfonamides is 1. The third kappa shape index (κ3) is 4.82. The van der Waals surface area contributed by atoms with Gasteiger partial charge in [0.15, 0.2) is 0 Å². The lowest BCUT2D eigenvalue weighted by Gasteiger charge is -2.12. The number of hydrogen-bond donors (Lipinski definition) is 1. The molecule has 0 unspecified atom stereocenters. The molecular formula is C13H20N2O4S.